The zero-order chi connectivity index (χ0) is 17.8. The molecule has 4 nitrogen and oxygen atoms in total. The Kier molecular flexibility index (Phi) is 5.09. The highest BCUT2D eigenvalue weighted by Crippen LogP contribution is 2.30. The molecule has 128 valence electrons. The molecular weight excluding hydrogens is 339 g/mol. The van der Waals surface area contributed by atoms with Crippen molar-refractivity contribution in [2.24, 2.45) is 0 Å². The number of anilines is 1. The number of para-hydroxylation sites is 2. The van der Waals surface area contributed by atoms with Crippen molar-refractivity contribution in [2.45, 2.75) is 13.8 Å². The summed E-state index contributed by atoms with van der Waals surface area (Å²) in [7, 11) is 0. The number of aryl methyl sites for hydroxylation is 1. The van der Waals surface area contributed by atoms with Crippen molar-refractivity contribution in [3.63, 3.8) is 0 Å². The van der Waals surface area contributed by atoms with Gasteiger partial charge in [-0.05, 0) is 50.2 Å². The molecule has 0 atom stereocenters. The van der Waals surface area contributed by atoms with E-state index in [-0.39, 0.29) is 11.7 Å². The van der Waals surface area contributed by atoms with Crippen LogP contribution in [0.3, 0.4) is 0 Å². The first-order valence-electron chi connectivity index (χ1n) is 7.85. The maximum absolute atomic E-state index is 13.1. The molecule has 0 spiro atoms. The third kappa shape index (κ3) is 3.85. The number of halogens is 1. The lowest BCUT2D eigenvalue weighted by molar-refractivity contribution is 0.102. The number of amides is 1. The zero-order valence-corrected chi connectivity index (χ0v) is 14.7. The van der Waals surface area contributed by atoms with E-state index in [4.69, 9.17) is 4.74 Å². The maximum Gasteiger partial charge on any atom is 0.267 e. The second kappa shape index (κ2) is 7.44. The van der Waals surface area contributed by atoms with E-state index in [2.05, 4.69) is 10.3 Å². The number of nitrogens with zero attached hydrogens (tertiary/aromatic N) is 1. The number of carbonyl (C=O) groups excluding carboxylic acids is 1. The Morgan fingerprint density at radius 1 is 1.20 bits per heavy atom. The molecule has 2 aromatic carbocycles. The summed E-state index contributed by atoms with van der Waals surface area (Å²) < 4.78 is 18.6. The number of benzene rings is 2. The lowest BCUT2D eigenvalue weighted by Gasteiger charge is -2.10. The van der Waals surface area contributed by atoms with E-state index in [1.54, 1.807) is 25.1 Å². The van der Waals surface area contributed by atoms with Crippen LogP contribution in [-0.2, 0) is 0 Å². The summed E-state index contributed by atoms with van der Waals surface area (Å²) in [6, 6.07) is 13.4. The van der Waals surface area contributed by atoms with Crippen molar-refractivity contribution in [1.29, 1.82) is 0 Å². The average Bonchev–Trinajstić information content (AvgIpc) is 2.99. The topological polar surface area (TPSA) is 51.2 Å². The molecule has 0 aliphatic rings. The van der Waals surface area contributed by atoms with Crippen molar-refractivity contribution in [3.8, 4) is 16.3 Å². The lowest BCUT2D eigenvalue weighted by Crippen LogP contribution is -2.12. The van der Waals surface area contributed by atoms with Gasteiger partial charge in [-0.25, -0.2) is 9.37 Å². The fourth-order valence-electron chi connectivity index (χ4n) is 2.35. The summed E-state index contributed by atoms with van der Waals surface area (Å²) in [4.78, 5) is 17.6. The Hall–Kier alpha value is -2.73. The van der Waals surface area contributed by atoms with Crippen LogP contribution in [-0.4, -0.2) is 17.5 Å². The average molecular weight is 356 g/mol. The van der Waals surface area contributed by atoms with E-state index < -0.39 is 0 Å². The predicted octanol–water partition coefficient (Wildman–Crippen LogP) is 4.91. The van der Waals surface area contributed by atoms with Gasteiger partial charge in [-0.3, -0.25) is 4.79 Å². The van der Waals surface area contributed by atoms with Crippen LogP contribution in [0.15, 0.2) is 48.5 Å². The van der Waals surface area contributed by atoms with Gasteiger partial charge in [-0.1, -0.05) is 12.1 Å². The number of rotatable bonds is 5. The number of ether oxygens (including phenoxy) is 1. The largest absolute Gasteiger partial charge is 0.492 e. The van der Waals surface area contributed by atoms with Crippen molar-refractivity contribution in [2.75, 3.05) is 11.9 Å². The van der Waals surface area contributed by atoms with E-state index in [9.17, 15) is 9.18 Å². The van der Waals surface area contributed by atoms with Gasteiger partial charge in [0.2, 0.25) is 0 Å². The fraction of sp³-hybridized carbons (Fsp3) is 0.158. The molecule has 0 saturated heterocycles. The molecule has 1 heterocycles. The smallest absolute Gasteiger partial charge is 0.267 e. The number of nitrogens with one attached hydrogen (secondary N) is 1. The van der Waals surface area contributed by atoms with Crippen LogP contribution in [0.2, 0.25) is 0 Å². The molecule has 1 N–H and O–H groups in total. The first kappa shape index (κ1) is 17.1. The van der Waals surface area contributed by atoms with E-state index in [0.29, 0.717) is 33.6 Å². The van der Waals surface area contributed by atoms with Gasteiger partial charge >= 0.3 is 0 Å². The van der Waals surface area contributed by atoms with Crippen molar-refractivity contribution >= 4 is 22.9 Å². The lowest BCUT2D eigenvalue weighted by atomic mass is 10.2. The van der Waals surface area contributed by atoms with Crippen LogP contribution in [0.5, 0.6) is 5.75 Å². The Labute approximate surface area is 149 Å². The molecule has 3 aromatic rings. The van der Waals surface area contributed by atoms with Gasteiger partial charge in [0.1, 0.15) is 21.5 Å². The fourth-order valence-corrected chi connectivity index (χ4v) is 3.32. The highest BCUT2D eigenvalue weighted by atomic mass is 32.1. The van der Waals surface area contributed by atoms with Crippen LogP contribution in [0, 0.1) is 12.7 Å². The Bertz CT molecular complexity index is 891. The minimum atomic E-state index is -0.303. The maximum atomic E-state index is 13.1. The van der Waals surface area contributed by atoms with Gasteiger partial charge in [-0.2, -0.15) is 0 Å². The number of aromatic nitrogens is 1. The van der Waals surface area contributed by atoms with Gasteiger partial charge in [0.25, 0.3) is 5.91 Å². The summed E-state index contributed by atoms with van der Waals surface area (Å²) in [6.07, 6.45) is 0. The second-order valence-corrected chi connectivity index (χ2v) is 6.32. The molecular formula is C19H17FN2O2S. The SMILES string of the molecule is CCOc1ccccc1NC(=O)c1sc(-c2ccc(F)cc2)nc1C. The molecule has 3 rings (SSSR count). The quantitative estimate of drug-likeness (QED) is 0.707. The molecule has 1 amide bonds. The van der Waals surface area contributed by atoms with Gasteiger partial charge < -0.3 is 10.1 Å². The summed E-state index contributed by atoms with van der Waals surface area (Å²) in [5.74, 6) is 0.0808. The summed E-state index contributed by atoms with van der Waals surface area (Å²) in [5.41, 5.74) is 2.03. The molecule has 1 aromatic heterocycles. The Balaban J connectivity index is 1.85. The molecule has 0 radical (unpaired) electrons. The molecule has 0 fully saturated rings. The first-order chi connectivity index (χ1) is 12.1. The Morgan fingerprint density at radius 3 is 2.64 bits per heavy atom. The molecule has 0 bridgehead atoms. The van der Waals surface area contributed by atoms with Crippen molar-refractivity contribution < 1.29 is 13.9 Å². The Morgan fingerprint density at radius 2 is 1.92 bits per heavy atom. The third-order valence-corrected chi connectivity index (χ3v) is 4.73. The van der Waals surface area contributed by atoms with Crippen LogP contribution in [0.25, 0.3) is 10.6 Å². The second-order valence-electron chi connectivity index (χ2n) is 5.32. The summed E-state index contributed by atoms with van der Waals surface area (Å²) in [5, 5.41) is 3.55. The van der Waals surface area contributed by atoms with E-state index in [1.807, 2.05) is 25.1 Å². The third-order valence-electron chi connectivity index (χ3n) is 3.53. The van der Waals surface area contributed by atoms with Gasteiger partial charge in [0.05, 0.1) is 18.0 Å². The first-order valence-corrected chi connectivity index (χ1v) is 8.66. The van der Waals surface area contributed by atoms with E-state index >= 15 is 0 Å². The van der Waals surface area contributed by atoms with Gasteiger partial charge in [-0.15, -0.1) is 11.3 Å². The van der Waals surface area contributed by atoms with Crippen LogP contribution < -0.4 is 10.1 Å². The normalized spacial score (nSPS) is 10.5. The molecule has 25 heavy (non-hydrogen) atoms. The number of hydrogen-bond donors (Lipinski definition) is 1. The number of hydrogen-bond acceptors (Lipinski definition) is 4. The highest BCUT2D eigenvalue weighted by molar-refractivity contribution is 7.17. The van der Waals surface area contributed by atoms with Crippen molar-refractivity contribution in [3.05, 3.63) is 64.9 Å². The van der Waals surface area contributed by atoms with Crippen LogP contribution in [0.4, 0.5) is 10.1 Å². The standard InChI is InChI=1S/C19H17FN2O2S/c1-3-24-16-7-5-4-6-15(16)22-18(23)17-12(2)21-19(25-17)13-8-10-14(20)11-9-13/h4-11H,3H2,1-2H3,(H,22,23). The minimum absolute atomic E-state index is 0.240. The molecule has 0 aliphatic heterocycles. The highest BCUT2D eigenvalue weighted by Gasteiger charge is 2.17. The molecule has 0 aliphatic carbocycles. The molecule has 0 unspecified atom stereocenters. The minimum Gasteiger partial charge on any atom is -0.492 e. The van der Waals surface area contributed by atoms with Crippen LogP contribution in [0.1, 0.15) is 22.3 Å². The molecule has 6 heteroatoms. The monoisotopic (exact) mass is 356 g/mol. The van der Waals surface area contributed by atoms with E-state index in [0.717, 1.165) is 5.56 Å². The van der Waals surface area contributed by atoms with Gasteiger partial charge in [0.15, 0.2) is 0 Å². The molecule has 0 saturated carbocycles. The van der Waals surface area contributed by atoms with Crippen LogP contribution >= 0.6 is 11.3 Å². The summed E-state index contributed by atoms with van der Waals surface area (Å²) >= 11 is 1.28. The zero-order valence-electron chi connectivity index (χ0n) is 13.9. The summed E-state index contributed by atoms with van der Waals surface area (Å²) in [6.45, 7) is 4.19. The number of thiazole rings is 1. The predicted molar refractivity (Wildman–Crippen MR) is 97.8 cm³/mol. The van der Waals surface area contributed by atoms with Crippen molar-refractivity contribution in [1.82, 2.24) is 4.98 Å². The number of carbonyl (C=O) groups is 1. The van der Waals surface area contributed by atoms with Gasteiger partial charge in [0, 0.05) is 5.56 Å². The van der Waals surface area contributed by atoms with E-state index in [1.165, 1.54) is 23.5 Å².